The highest BCUT2D eigenvalue weighted by atomic mass is 32.1. The Kier molecular flexibility index (Phi) is 4.36. The Morgan fingerprint density at radius 1 is 1.27 bits per heavy atom. The fraction of sp³-hybridized carbons (Fsp3) is 0.350. The molecule has 1 aliphatic heterocycles. The number of nitrogens with zero attached hydrogens (tertiary/aromatic N) is 3. The van der Waals surface area contributed by atoms with Crippen molar-refractivity contribution in [2.45, 2.75) is 39.2 Å². The maximum atomic E-state index is 11.7. The van der Waals surface area contributed by atoms with Crippen molar-refractivity contribution >= 4 is 33.3 Å². The van der Waals surface area contributed by atoms with Crippen molar-refractivity contribution in [2.24, 2.45) is 0 Å². The Balaban J connectivity index is 1.85. The first-order valence-electron chi connectivity index (χ1n) is 8.84. The molecule has 1 aromatic carbocycles. The summed E-state index contributed by atoms with van der Waals surface area (Å²) in [5.74, 6) is 0.757. The van der Waals surface area contributed by atoms with Gasteiger partial charge in [0.15, 0.2) is 0 Å². The van der Waals surface area contributed by atoms with Crippen molar-refractivity contribution in [3.8, 4) is 0 Å². The van der Waals surface area contributed by atoms with E-state index in [4.69, 9.17) is 9.97 Å². The third-order valence-corrected chi connectivity index (χ3v) is 6.17. The van der Waals surface area contributed by atoms with E-state index in [0.29, 0.717) is 12.8 Å². The second-order valence-electron chi connectivity index (χ2n) is 6.78. The van der Waals surface area contributed by atoms with Crippen molar-refractivity contribution in [3.63, 3.8) is 0 Å². The van der Waals surface area contributed by atoms with Gasteiger partial charge in [0, 0.05) is 17.8 Å². The predicted octanol–water partition coefficient (Wildman–Crippen LogP) is 3.95. The zero-order valence-electron chi connectivity index (χ0n) is 14.9. The molecule has 0 radical (unpaired) electrons. The van der Waals surface area contributed by atoms with Crippen molar-refractivity contribution < 1.29 is 9.90 Å². The molecule has 0 amide bonds. The number of thiophene rings is 1. The van der Waals surface area contributed by atoms with Crippen molar-refractivity contribution in [3.05, 3.63) is 52.2 Å². The van der Waals surface area contributed by atoms with Crippen LogP contribution in [0.2, 0.25) is 0 Å². The smallest absolute Gasteiger partial charge is 0.326 e. The second-order valence-corrected chi connectivity index (χ2v) is 7.98. The molecule has 4 rings (SSSR count). The third-order valence-electron chi connectivity index (χ3n) is 5.07. The van der Waals surface area contributed by atoms with Gasteiger partial charge in [0.25, 0.3) is 0 Å². The standard InChI is InChI=1S/C20H21N3O2S/c1-12-13(2)26-19-17(12)18(23-10-6-9-15(23)20(24)25)21-16(22-19)11-14-7-4-3-5-8-14/h3-5,7-8,15H,6,9-11H2,1-2H3,(H,24,25). The summed E-state index contributed by atoms with van der Waals surface area (Å²) in [6.07, 6.45) is 2.18. The van der Waals surface area contributed by atoms with E-state index in [9.17, 15) is 9.90 Å². The Hall–Kier alpha value is -2.47. The fourth-order valence-electron chi connectivity index (χ4n) is 3.61. The lowest BCUT2D eigenvalue weighted by atomic mass is 10.1. The predicted molar refractivity (Wildman–Crippen MR) is 104 cm³/mol. The molecule has 0 spiro atoms. The Bertz CT molecular complexity index is 968. The van der Waals surface area contributed by atoms with Gasteiger partial charge in [0.2, 0.25) is 0 Å². The van der Waals surface area contributed by atoms with Crippen LogP contribution in [-0.4, -0.2) is 33.6 Å². The lowest BCUT2D eigenvalue weighted by molar-refractivity contribution is -0.138. The number of carboxylic acid groups (broad SMARTS) is 1. The molecule has 2 aromatic heterocycles. The van der Waals surface area contributed by atoms with E-state index >= 15 is 0 Å². The van der Waals surface area contributed by atoms with Gasteiger partial charge in [-0.25, -0.2) is 14.8 Å². The van der Waals surface area contributed by atoms with E-state index < -0.39 is 12.0 Å². The number of anilines is 1. The van der Waals surface area contributed by atoms with E-state index in [1.165, 1.54) is 4.88 Å². The molecular weight excluding hydrogens is 346 g/mol. The van der Waals surface area contributed by atoms with Gasteiger partial charge in [-0.3, -0.25) is 0 Å². The number of aromatic nitrogens is 2. The number of rotatable bonds is 4. The first kappa shape index (κ1) is 17.0. The maximum absolute atomic E-state index is 11.7. The first-order chi connectivity index (χ1) is 12.5. The summed E-state index contributed by atoms with van der Waals surface area (Å²) in [6, 6.07) is 9.64. The minimum Gasteiger partial charge on any atom is -0.480 e. The summed E-state index contributed by atoms with van der Waals surface area (Å²) < 4.78 is 0. The van der Waals surface area contributed by atoms with Gasteiger partial charge in [-0.15, -0.1) is 11.3 Å². The fourth-order valence-corrected chi connectivity index (χ4v) is 4.66. The van der Waals surface area contributed by atoms with Crippen LogP contribution in [0, 0.1) is 13.8 Å². The normalized spacial score (nSPS) is 17.2. The van der Waals surface area contributed by atoms with Gasteiger partial charge in [0.1, 0.15) is 22.5 Å². The third kappa shape index (κ3) is 2.94. The monoisotopic (exact) mass is 367 g/mol. The summed E-state index contributed by atoms with van der Waals surface area (Å²) in [4.78, 5) is 25.5. The molecule has 1 aliphatic rings. The lowest BCUT2D eigenvalue weighted by Gasteiger charge is -2.24. The molecular formula is C20H21N3O2S. The Labute approximate surface area is 156 Å². The largest absolute Gasteiger partial charge is 0.480 e. The number of benzene rings is 1. The van der Waals surface area contributed by atoms with Gasteiger partial charge < -0.3 is 10.0 Å². The van der Waals surface area contributed by atoms with Crippen LogP contribution in [0.25, 0.3) is 10.2 Å². The Morgan fingerprint density at radius 2 is 2.04 bits per heavy atom. The van der Waals surface area contributed by atoms with Crippen LogP contribution >= 0.6 is 11.3 Å². The quantitative estimate of drug-likeness (QED) is 0.756. The van der Waals surface area contributed by atoms with E-state index in [1.54, 1.807) is 11.3 Å². The second kappa shape index (κ2) is 6.68. The topological polar surface area (TPSA) is 66.3 Å². The zero-order valence-corrected chi connectivity index (χ0v) is 15.7. The highest BCUT2D eigenvalue weighted by Gasteiger charge is 2.33. The van der Waals surface area contributed by atoms with E-state index in [-0.39, 0.29) is 0 Å². The van der Waals surface area contributed by atoms with E-state index in [2.05, 4.69) is 26.0 Å². The van der Waals surface area contributed by atoms with Crippen LogP contribution in [0.5, 0.6) is 0 Å². The molecule has 134 valence electrons. The van der Waals surface area contributed by atoms with Crippen LogP contribution in [0.4, 0.5) is 5.82 Å². The lowest BCUT2D eigenvalue weighted by Crippen LogP contribution is -2.36. The summed E-state index contributed by atoms with van der Waals surface area (Å²) in [7, 11) is 0. The molecule has 1 saturated heterocycles. The average Bonchev–Trinajstić information content (AvgIpc) is 3.21. The molecule has 1 N–H and O–H groups in total. The molecule has 3 heterocycles. The minimum absolute atomic E-state index is 0.503. The SMILES string of the molecule is Cc1sc2nc(Cc3ccccc3)nc(N3CCCC3C(=O)O)c2c1C. The highest BCUT2D eigenvalue weighted by Crippen LogP contribution is 2.37. The molecule has 1 fully saturated rings. The number of carbonyl (C=O) groups is 1. The molecule has 0 bridgehead atoms. The summed E-state index contributed by atoms with van der Waals surface area (Å²) >= 11 is 1.66. The first-order valence-corrected chi connectivity index (χ1v) is 9.66. The molecule has 1 atom stereocenters. The minimum atomic E-state index is -0.775. The zero-order chi connectivity index (χ0) is 18.3. The van der Waals surface area contributed by atoms with Crippen molar-refractivity contribution in [1.29, 1.82) is 0 Å². The molecule has 1 unspecified atom stereocenters. The summed E-state index contributed by atoms with van der Waals surface area (Å²) in [5.41, 5.74) is 2.31. The molecule has 5 nitrogen and oxygen atoms in total. The van der Waals surface area contributed by atoms with Crippen LogP contribution in [0.1, 0.15) is 34.7 Å². The number of aryl methyl sites for hydroxylation is 2. The number of aliphatic carboxylic acids is 1. The van der Waals surface area contributed by atoms with Gasteiger partial charge in [-0.1, -0.05) is 30.3 Å². The number of carboxylic acids is 1. The molecule has 3 aromatic rings. The number of fused-ring (bicyclic) bond motifs is 1. The molecule has 0 saturated carbocycles. The van der Waals surface area contributed by atoms with Crippen molar-refractivity contribution in [1.82, 2.24) is 9.97 Å². The maximum Gasteiger partial charge on any atom is 0.326 e. The van der Waals surface area contributed by atoms with Crippen LogP contribution < -0.4 is 4.90 Å². The summed E-state index contributed by atoms with van der Waals surface area (Å²) in [5, 5.41) is 10.6. The molecule has 6 heteroatoms. The molecule has 26 heavy (non-hydrogen) atoms. The van der Waals surface area contributed by atoms with Crippen LogP contribution in [0.3, 0.4) is 0 Å². The van der Waals surface area contributed by atoms with Gasteiger partial charge in [0.05, 0.1) is 5.39 Å². The van der Waals surface area contributed by atoms with Gasteiger partial charge >= 0.3 is 5.97 Å². The summed E-state index contributed by atoms with van der Waals surface area (Å²) in [6.45, 7) is 4.88. The number of hydrogen-bond donors (Lipinski definition) is 1. The molecule has 0 aliphatic carbocycles. The van der Waals surface area contributed by atoms with Crippen molar-refractivity contribution in [2.75, 3.05) is 11.4 Å². The van der Waals surface area contributed by atoms with E-state index in [1.807, 2.05) is 23.1 Å². The van der Waals surface area contributed by atoms with Gasteiger partial charge in [-0.2, -0.15) is 0 Å². The van der Waals surface area contributed by atoms with Crippen LogP contribution in [-0.2, 0) is 11.2 Å². The van der Waals surface area contributed by atoms with Crippen LogP contribution in [0.15, 0.2) is 30.3 Å². The van der Waals surface area contributed by atoms with Gasteiger partial charge in [-0.05, 0) is 37.8 Å². The number of hydrogen-bond acceptors (Lipinski definition) is 5. The van der Waals surface area contributed by atoms with E-state index in [0.717, 1.165) is 46.0 Å². The highest BCUT2D eigenvalue weighted by molar-refractivity contribution is 7.18. The average molecular weight is 367 g/mol. The Morgan fingerprint density at radius 3 is 2.77 bits per heavy atom.